The third kappa shape index (κ3) is 5.90. The molecule has 11 heteroatoms. The van der Waals surface area contributed by atoms with E-state index in [-0.39, 0.29) is 0 Å². The summed E-state index contributed by atoms with van der Waals surface area (Å²) in [5, 5.41) is 11.2. The van der Waals surface area contributed by atoms with Crippen molar-refractivity contribution in [2.45, 2.75) is 20.4 Å². The molecule has 0 saturated carbocycles. The summed E-state index contributed by atoms with van der Waals surface area (Å²) in [7, 11) is 0. The molecule has 11 nitrogen and oxygen atoms in total. The van der Waals surface area contributed by atoms with Gasteiger partial charge in [-0.1, -0.05) is 12.1 Å². The van der Waals surface area contributed by atoms with Crippen LogP contribution in [0.5, 0.6) is 0 Å². The molecule has 1 aromatic carbocycles. The second-order valence-electron chi connectivity index (χ2n) is 8.93. The maximum absolute atomic E-state index is 11.6. The van der Waals surface area contributed by atoms with Crippen molar-refractivity contribution in [1.29, 1.82) is 0 Å². The number of hydrogen-bond acceptors (Lipinski definition) is 9. The quantitative estimate of drug-likeness (QED) is 0.334. The van der Waals surface area contributed by atoms with Crippen molar-refractivity contribution in [1.82, 2.24) is 29.6 Å². The van der Waals surface area contributed by atoms with Crippen LogP contribution in [-0.4, -0.2) is 61.8 Å². The monoisotopic (exact) mass is 499 g/mol. The number of nitrogens with zero attached hydrogens (tertiary/aromatic N) is 6. The van der Waals surface area contributed by atoms with Crippen molar-refractivity contribution in [2.24, 2.45) is 5.73 Å². The number of rotatable bonds is 8. The molecule has 0 unspecified atom stereocenters. The molecule has 0 radical (unpaired) electrons. The molecule has 3 aromatic heterocycles. The first-order chi connectivity index (χ1) is 17.9. The van der Waals surface area contributed by atoms with Crippen LogP contribution in [0.2, 0.25) is 0 Å². The first-order valence-corrected chi connectivity index (χ1v) is 12.0. The molecular formula is C26H29N9O2. The average molecular weight is 500 g/mol. The van der Waals surface area contributed by atoms with Crippen LogP contribution in [0.3, 0.4) is 0 Å². The zero-order valence-electron chi connectivity index (χ0n) is 20.8. The smallest absolute Gasteiger partial charge is 0.248 e. The first-order valence-electron chi connectivity index (χ1n) is 12.0. The standard InChI is InChI=1S/C26H29N9O2/c1-17-3-5-20(26(27)36)12-21(17)31-25-11-18(2)33-35(25)24-13-23(29-16-30-24)32-22-6-4-19(14-28-22)15-34-7-9-37-10-8-34/h3-6,11-14,16,31H,7-10,15H2,1-2H3,(H2,27,36)(H,28,29,30,32). The maximum Gasteiger partial charge on any atom is 0.248 e. The Balaban J connectivity index is 1.33. The van der Waals surface area contributed by atoms with Crippen LogP contribution >= 0.6 is 0 Å². The summed E-state index contributed by atoms with van der Waals surface area (Å²) in [5.41, 5.74) is 9.55. The number of pyridine rings is 1. The lowest BCUT2D eigenvalue weighted by Gasteiger charge is -2.26. The molecule has 1 fully saturated rings. The number of anilines is 4. The molecular weight excluding hydrogens is 470 g/mol. The Labute approximate surface area is 214 Å². The van der Waals surface area contributed by atoms with Crippen LogP contribution in [0.1, 0.15) is 27.2 Å². The Morgan fingerprint density at radius 1 is 1.00 bits per heavy atom. The minimum absolute atomic E-state index is 0.424. The summed E-state index contributed by atoms with van der Waals surface area (Å²) >= 11 is 0. The summed E-state index contributed by atoms with van der Waals surface area (Å²) in [6.45, 7) is 8.12. The first kappa shape index (κ1) is 24.3. The largest absolute Gasteiger partial charge is 0.379 e. The minimum Gasteiger partial charge on any atom is -0.379 e. The van der Waals surface area contributed by atoms with Crippen LogP contribution in [0.4, 0.5) is 23.1 Å². The zero-order valence-corrected chi connectivity index (χ0v) is 20.8. The fourth-order valence-corrected chi connectivity index (χ4v) is 4.08. The molecule has 37 heavy (non-hydrogen) atoms. The SMILES string of the molecule is Cc1cc(Nc2cc(C(N)=O)ccc2C)n(-c2cc(Nc3ccc(CN4CCOCC4)cn3)ncn2)n1. The van der Waals surface area contributed by atoms with Gasteiger partial charge in [0.25, 0.3) is 0 Å². The lowest BCUT2D eigenvalue weighted by Crippen LogP contribution is -2.35. The normalized spacial score (nSPS) is 13.9. The molecule has 4 N–H and O–H groups in total. The predicted octanol–water partition coefficient (Wildman–Crippen LogP) is 3.09. The molecule has 1 aliphatic heterocycles. The van der Waals surface area contributed by atoms with E-state index >= 15 is 0 Å². The van der Waals surface area contributed by atoms with E-state index in [1.54, 1.807) is 22.9 Å². The van der Waals surface area contributed by atoms with Crippen LogP contribution in [-0.2, 0) is 11.3 Å². The van der Waals surface area contributed by atoms with Gasteiger partial charge in [0.2, 0.25) is 5.91 Å². The van der Waals surface area contributed by atoms with Crippen molar-refractivity contribution in [3.05, 3.63) is 77.4 Å². The van der Waals surface area contributed by atoms with Gasteiger partial charge in [0.05, 0.1) is 18.9 Å². The van der Waals surface area contributed by atoms with Gasteiger partial charge in [0.1, 0.15) is 23.8 Å². The van der Waals surface area contributed by atoms with Crippen molar-refractivity contribution in [3.63, 3.8) is 0 Å². The van der Waals surface area contributed by atoms with Gasteiger partial charge in [0.15, 0.2) is 5.82 Å². The van der Waals surface area contributed by atoms with Gasteiger partial charge in [-0.2, -0.15) is 9.78 Å². The van der Waals surface area contributed by atoms with Crippen LogP contribution in [0, 0.1) is 13.8 Å². The average Bonchev–Trinajstić information content (AvgIpc) is 3.27. The Morgan fingerprint density at radius 2 is 1.84 bits per heavy atom. The number of aromatic nitrogens is 5. The van der Waals surface area contributed by atoms with E-state index in [4.69, 9.17) is 10.5 Å². The van der Waals surface area contributed by atoms with Gasteiger partial charge in [-0.15, -0.1) is 0 Å². The maximum atomic E-state index is 11.6. The second kappa shape index (κ2) is 10.7. The number of carbonyl (C=O) groups excluding carboxylic acids is 1. The third-order valence-corrected chi connectivity index (χ3v) is 6.08. The van der Waals surface area contributed by atoms with Crippen LogP contribution in [0.15, 0.2) is 55.0 Å². The molecule has 190 valence electrons. The number of aryl methyl sites for hydroxylation is 2. The Bertz CT molecular complexity index is 1400. The van der Waals surface area contributed by atoms with Gasteiger partial charge >= 0.3 is 0 Å². The zero-order chi connectivity index (χ0) is 25.8. The van der Waals surface area contributed by atoms with E-state index in [0.717, 1.165) is 55.4 Å². The molecule has 0 atom stereocenters. The summed E-state index contributed by atoms with van der Waals surface area (Å²) in [5.74, 6) is 2.05. The van der Waals surface area contributed by atoms with Gasteiger partial charge in [-0.25, -0.2) is 15.0 Å². The highest BCUT2D eigenvalue weighted by atomic mass is 16.5. The van der Waals surface area contributed by atoms with Crippen molar-refractivity contribution < 1.29 is 9.53 Å². The number of benzene rings is 1. The summed E-state index contributed by atoms with van der Waals surface area (Å²) < 4.78 is 7.11. The highest BCUT2D eigenvalue weighted by Crippen LogP contribution is 2.25. The molecule has 1 amide bonds. The number of carbonyl (C=O) groups is 1. The highest BCUT2D eigenvalue weighted by Gasteiger charge is 2.14. The summed E-state index contributed by atoms with van der Waals surface area (Å²) in [4.78, 5) is 27.3. The Hall–Kier alpha value is -4.35. The second-order valence-corrected chi connectivity index (χ2v) is 8.93. The molecule has 1 aliphatic rings. The van der Waals surface area contributed by atoms with Gasteiger partial charge in [0, 0.05) is 49.2 Å². The highest BCUT2D eigenvalue weighted by molar-refractivity contribution is 5.94. The number of amides is 1. The summed E-state index contributed by atoms with van der Waals surface area (Å²) in [6.07, 6.45) is 3.35. The lowest BCUT2D eigenvalue weighted by molar-refractivity contribution is 0.0341. The molecule has 0 aliphatic carbocycles. The number of nitrogens with two attached hydrogens (primary N) is 1. The van der Waals surface area contributed by atoms with E-state index in [2.05, 4.69) is 41.7 Å². The molecule has 0 bridgehead atoms. The van der Waals surface area contributed by atoms with Gasteiger partial charge in [-0.05, 0) is 43.2 Å². The topological polar surface area (TPSA) is 136 Å². The number of morpholine rings is 1. The number of primary amides is 1. The molecule has 4 heterocycles. The molecule has 1 saturated heterocycles. The van der Waals surface area contributed by atoms with Crippen LogP contribution < -0.4 is 16.4 Å². The van der Waals surface area contributed by atoms with Crippen molar-refractivity contribution in [2.75, 3.05) is 36.9 Å². The van der Waals surface area contributed by atoms with E-state index in [1.165, 1.54) is 6.33 Å². The van der Waals surface area contributed by atoms with E-state index < -0.39 is 5.91 Å². The van der Waals surface area contributed by atoms with Crippen molar-refractivity contribution in [3.8, 4) is 5.82 Å². The van der Waals surface area contributed by atoms with Gasteiger partial charge in [-0.3, -0.25) is 9.69 Å². The van der Waals surface area contributed by atoms with E-state index in [1.807, 2.05) is 38.2 Å². The third-order valence-electron chi connectivity index (χ3n) is 6.08. The number of ether oxygens (including phenoxy) is 1. The predicted molar refractivity (Wildman–Crippen MR) is 140 cm³/mol. The molecule has 5 rings (SSSR count). The Kier molecular flexibility index (Phi) is 7.06. The Morgan fingerprint density at radius 3 is 2.59 bits per heavy atom. The van der Waals surface area contributed by atoms with Crippen LogP contribution in [0.25, 0.3) is 5.82 Å². The number of hydrogen-bond donors (Lipinski definition) is 3. The van der Waals surface area contributed by atoms with Gasteiger partial charge < -0.3 is 21.1 Å². The fraction of sp³-hybridized carbons (Fsp3) is 0.269. The molecule has 4 aromatic rings. The van der Waals surface area contributed by atoms with Crippen molar-refractivity contribution >= 4 is 29.0 Å². The van der Waals surface area contributed by atoms with E-state index in [9.17, 15) is 4.79 Å². The lowest BCUT2D eigenvalue weighted by atomic mass is 10.1. The number of nitrogens with one attached hydrogen (secondary N) is 2. The summed E-state index contributed by atoms with van der Waals surface area (Å²) in [6, 6.07) is 13.0. The molecule has 0 spiro atoms. The van der Waals surface area contributed by atoms with E-state index in [0.29, 0.717) is 28.8 Å². The fourth-order valence-electron chi connectivity index (χ4n) is 4.08. The minimum atomic E-state index is -0.484.